The van der Waals surface area contributed by atoms with Crippen molar-refractivity contribution in [1.29, 1.82) is 0 Å². The standard InChI is InChI=1S/C20H22N2O2S/c1-14-3-2-4-15(11-14)12-25-13-19(23)21-17-7-9-18(10-8-17)22-20(24)16-5-6-16/h2-4,7-11,16H,5-6,12-13H2,1H3,(H,21,23)(H,22,24). The number of aryl methyl sites for hydroxylation is 1. The van der Waals surface area contributed by atoms with Gasteiger partial charge in [0.15, 0.2) is 0 Å². The molecule has 0 bridgehead atoms. The largest absolute Gasteiger partial charge is 0.326 e. The van der Waals surface area contributed by atoms with Gasteiger partial charge < -0.3 is 10.6 Å². The van der Waals surface area contributed by atoms with E-state index in [0.29, 0.717) is 5.75 Å². The van der Waals surface area contributed by atoms with Gasteiger partial charge in [0.2, 0.25) is 11.8 Å². The lowest BCUT2D eigenvalue weighted by molar-refractivity contribution is -0.117. The average molecular weight is 354 g/mol. The van der Waals surface area contributed by atoms with Gasteiger partial charge in [0.1, 0.15) is 0 Å². The Morgan fingerprint density at radius 3 is 2.36 bits per heavy atom. The number of benzene rings is 2. The number of hydrogen-bond acceptors (Lipinski definition) is 3. The lowest BCUT2D eigenvalue weighted by Crippen LogP contribution is -2.15. The Balaban J connectivity index is 1.42. The molecule has 0 spiro atoms. The third-order valence-electron chi connectivity index (χ3n) is 3.97. The second-order valence-corrected chi connectivity index (χ2v) is 7.36. The zero-order valence-corrected chi connectivity index (χ0v) is 15.1. The van der Waals surface area contributed by atoms with Crippen LogP contribution >= 0.6 is 11.8 Å². The summed E-state index contributed by atoms with van der Waals surface area (Å²) in [6, 6.07) is 15.6. The summed E-state index contributed by atoms with van der Waals surface area (Å²) in [6.45, 7) is 2.07. The van der Waals surface area contributed by atoms with Crippen LogP contribution in [0.15, 0.2) is 48.5 Å². The molecule has 0 unspecified atom stereocenters. The second-order valence-electron chi connectivity index (χ2n) is 6.37. The van der Waals surface area contributed by atoms with Gasteiger partial charge in [-0.3, -0.25) is 9.59 Å². The molecular weight excluding hydrogens is 332 g/mol. The molecule has 2 aromatic carbocycles. The van der Waals surface area contributed by atoms with E-state index in [0.717, 1.165) is 30.0 Å². The number of nitrogens with one attached hydrogen (secondary N) is 2. The smallest absolute Gasteiger partial charge is 0.234 e. The Kier molecular flexibility index (Phi) is 5.76. The fraction of sp³-hybridized carbons (Fsp3) is 0.300. The maximum absolute atomic E-state index is 12.0. The lowest BCUT2D eigenvalue weighted by atomic mass is 10.2. The number of hydrogen-bond donors (Lipinski definition) is 2. The van der Waals surface area contributed by atoms with Crippen molar-refractivity contribution in [2.45, 2.75) is 25.5 Å². The number of rotatable bonds is 7. The number of anilines is 2. The van der Waals surface area contributed by atoms with Gasteiger partial charge in [-0.05, 0) is 49.6 Å². The minimum absolute atomic E-state index is 0.0209. The predicted molar refractivity (Wildman–Crippen MR) is 104 cm³/mol. The van der Waals surface area contributed by atoms with Gasteiger partial charge >= 0.3 is 0 Å². The fourth-order valence-electron chi connectivity index (χ4n) is 2.49. The Labute approximate surface area is 152 Å². The zero-order valence-electron chi connectivity index (χ0n) is 14.2. The van der Waals surface area contributed by atoms with Crippen molar-refractivity contribution in [3.63, 3.8) is 0 Å². The summed E-state index contributed by atoms with van der Waals surface area (Å²) in [5.74, 6) is 1.48. The van der Waals surface area contributed by atoms with E-state index in [1.807, 2.05) is 30.3 Å². The van der Waals surface area contributed by atoms with Crippen LogP contribution in [0, 0.1) is 12.8 Å². The molecule has 0 aromatic heterocycles. The molecule has 0 atom stereocenters. The highest BCUT2D eigenvalue weighted by molar-refractivity contribution is 7.99. The average Bonchev–Trinajstić information content (AvgIpc) is 3.42. The van der Waals surface area contributed by atoms with E-state index in [-0.39, 0.29) is 17.7 Å². The summed E-state index contributed by atoms with van der Waals surface area (Å²) in [7, 11) is 0. The zero-order chi connectivity index (χ0) is 17.6. The molecule has 2 N–H and O–H groups in total. The minimum atomic E-state index is -0.0209. The van der Waals surface area contributed by atoms with Crippen LogP contribution in [-0.4, -0.2) is 17.6 Å². The highest BCUT2D eigenvalue weighted by Crippen LogP contribution is 2.30. The van der Waals surface area contributed by atoms with Crippen LogP contribution < -0.4 is 10.6 Å². The summed E-state index contributed by atoms with van der Waals surface area (Å²) in [5, 5.41) is 5.77. The van der Waals surface area contributed by atoms with E-state index in [2.05, 4.69) is 35.8 Å². The first-order chi connectivity index (χ1) is 12.1. The van der Waals surface area contributed by atoms with Gasteiger partial charge in [0.05, 0.1) is 5.75 Å². The predicted octanol–water partition coefficient (Wildman–Crippen LogP) is 4.22. The van der Waals surface area contributed by atoms with Crippen LogP contribution in [0.25, 0.3) is 0 Å². The quantitative estimate of drug-likeness (QED) is 0.783. The highest BCUT2D eigenvalue weighted by atomic mass is 32.2. The number of amides is 2. The van der Waals surface area contributed by atoms with Gasteiger partial charge in [-0.1, -0.05) is 29.8 Å². The van der Waals surface area contributed by atoms with Gasteiger partial charge in [0, 0.05) is 23.0 Å². The number of thioether (sulfide) groups is 1. The molecule has 1 aliphatic carbocycles. The molecule has 0 heterocycles. The molecule has 130 valence electrons. The summed E-state index contributed by atoms with van der Waals surface area (Å²) < 4.78 is 0. The molecule has 1 fully saturated rings. The van der Waals surface area contributed by atoms with Gasteiger partial charge in [-0.2, -0.15) is 0 Å². The van der Waals surface area contributed by atoms with Crippen molar-refractivity contribution < 1.29 is 9.59 Å². The van der Waals surface area contributed by atoms with E-state index in [1.54, 1.807) is 11.8 Å². The van der Waals surface area contributed by atoms with E-state index >= 15 is 0 Å². The van der Waals surface area contributed by atoms with Gasteiger partial charge in [-0.15, -0.1) is 11.8 Å². The molecule has 0 aliphatic heterocycles. The molecule has 2 aromatic rings. The van der Waals surface area contributed by atoms with E-state index in [4.69, 9.17) is 0 Å². The lowest BCUT2D eigenvalue weighted by Gasteiger charge is -2.08. The van der Waals surface area contributed by atoms with Crippen LogP contribution in [0.4, 0.5) is 11.4 Å². The highest BCUT2D eigenvalue weighted by Gasteiger charge is 2.29. The normalized spacial score (nSPS) is 13.3. The first kappa shape index (κ1) is 17.5. The molecule has 4 nitrogen and oxygen atoms in total. The molecule has 1 saturated carbocycles. The molecule has 0 radical (unpaired) electrons. The van der Waals surface area contributed by atoms with Gasteiger partial charge in [0.25, 0.3) is 0 Å². The molecule has 2 amide bonds. The minimum Gasteiger partial charge on any atom is -0.326 e. The third kappa shape index (κ3) is 5.64. The van der Waals surface area contributed by atoms with Crippen LogP contribution in [0.1, 0.15) is 24.0 Å². The maximum atomic E-state index is 12.0. The second kappa shape index (κ2) is 8.21. The molecule has 25 heavy (non-hydrogen) atoms. The molecule has 5 heteroatoms. The van der Waals surface area contributed by atoms with E-state index in [9.17, 15) is 9.59 Å². The van der Waals surface area contributed by atoms with E-state index in [1.165, 1.54) is 11.1 Å². The maximum Gasteiger partial charge on any atom is 0.234 e. The Morgan fingerprint density at radius 2 is 1.72 bits per heavy atom. The van der Waals surface area contributed by atoms with E-state index < -0.39 is 0 Å². The Hall–Kier alpha value is -2.27. The van der Waals surface area contributed by atoms with Gasteiger partial charge in [-0.25, -0.2) is 0 Å². The monoisotopic (exact) mass is 354 g/mol. The summed E-state index contributed by atoms with van der Waals surface area (Å²) in [4.78, 5) is 23.7. The van der Waals surface area contributed by atoms with Crippen molar-refractivity contribution in [2.24, 2.45) is 5.92 Å². The summed E-state index contributed by atoms with van der Waals surface area (Å²) in [6.07, 6.45) is 1.97. The topological polar surface area (TPSA) is 58.2 Å². The molecule has 3 rings (SSSR count). The first-order valence-corrected chi connectivity index (χ1v) is 9.60. The fourth-order valence-corrected chi connectivity index (χ4v) is 3.26. The molecule has 0 saturated heterocycles. The number of carbonyl (C=O) groups excluding carboxylic acids is 2. The van der Waals surface area contributed by atoms with Crippen LogP contribution in [0.3, 0.4) is 0 Å². The van der Waals surface area contributed by atoms with Crippen LogP contribution in [-0.2, 0) is 15.3 Å². The molecular formula is C20H22N2O2S. The van der Waals surface area contributed by atoms with Crippen molar-refractivity contribution in [2.75, 3.05) is 16.4 Å². The van der Waals surface area contributed by atoms with Crippen LogP contribution in [0.5, 0.6) is 0 Å². The SMILES string of the molecule is Cc1cccc(CSCC(=O)Nc2ccc(NC(=O)C3CC3)cc2)c1. The first-order valence-electron chi connectivity index (χ1n) is 8.44. The number of carbonyl (C=O) groups is 2. The van der Waals surface area contributed by atoms with Crippen molar-refractivity contribution >= 4 is 35.0 Å². The summed E-state index contributed by atoms with van der Waals surface area (Å²) >= 11 is 1.60. The summed E-state index contributed by atoms with van der Waals surface area (Å²) in [5.41, 5.74) is 3.97. The Bertz CT molecular complexity index is 755. The van der Waals surface area contributed by atoms with Crippen molar-refractivity contribution in [3.05, 3.63) is 59.7 Å². The third-order valence-corrected chi connectivity index (χ3v) is 4.97. The van der Waals surface area contributed by atoms with Crippen molar-refractivity contribution in [3.8, 4) is 0 Å². The Morgan fingerprint density at radius 1 is 1.04 bits per heavy atom. The van der Waals surface area contributed by atoms with Crippen LogP contribution in [0.2, 0.25) is 0 Å². The molecule has 1 aliphatic rings. The van der Waals surface area contributed by atoms with Crippen molar-refractivity contribution in [1.82, 2.24) is 0 Å².